The molecule has 1 heterocycles. The van der Waals surface area contributed by atoms with Crippen molar-refractivity contribution in [3.05, 3.63) is 33.8 Å². The van der Waals surface area contributed by atoms with Gasteiger partial charge in [-0.3, -0.25) is 14.5 Å². The lowest BCUT2D eigenvalue weighted by Crippen LogP contribution is -2.34. The molecule has 2 rings (SSSR count). The Hall–Kier alpha value is -0.820. The largest absolute Gasteiger partial charge is 0.480 e. The minimum absolute atomic E-state index is 0.239. The second kappa shape index (κ2) is 5.66. The molecule has 1 amide bonds. The Morgan fingerprint density at radius 1 is 1.47 bits per heavy atom. The van der Waals surface area contributed by atoms with Crippen molar-refractivity contribution in [2.75, 3.05) is 6.54 Å². The summed E-state index contributed by atoms with van der Waals surface area (Å²) >= 11 is 18.0. The van der Waals surface area contributed by atoms with E-state index in [1.807, 2.05) is 0 Å². The van der Waals surface area contributed by atoms with E-state index >= 15 is 0 Å². The number of halogens is 2. The first kappa shape index (κ1) is 14.6. The third-order valence-corrected chi connectivity index (χ3v) is 4.65. The molecule has 1 unspecified atom stereocenters. The SMILES string of the molecule is O=C(O)CN1C(=O)C(c2ccc(Cl)cc2Cl)SC1=S. The van der Waals surface area contributed by atoms with E-state index in [1.165, 1.54) is 6.07 Å². The molecule has 1 aliphatic rings. The highest BCUT2D eigenvalue weighted by Gasteiger charge is 2.39. The summed E-state index contributed by atoms with van der Waals surface area (Å²) in [5.41, 5.74) is 0.580. The molecule has 1 saturated heterocycles. The number of thiocarbonyl (C=S) groups is 1. The molecule has 0 aromatic heterocycles. The molecule has 1 aliphatic heterocycles. The van der Waals surface area contributed by atoms with Crippen molar-refractivity contribution in [2.45, 2.75) is 5.25 Å². The van der Waals surface area contributed by atoms with Gasteiger partial charge in [-0.05, 0) is 17.7 Å². The molecule has 1 aromatic rings. The molecule has 8 heteroatoms. The van der Waals surface area contributed by atoms with Crippen LogP contribution in [0.4, 0.5) is 0 Å². The van der Waals surface area contributed by atoms with Crippen molar-refractivity contribution in [1.82, 2.24) is 4.90 Å². The Balaban J connectivity index is 2.30. The number of carboxylic acid groups (broad SMARTS) is 1. The Labute approximate surface area is 128 Å². The fourth-order valence-electron chi connectivity index (χ4n) is 1.63. The summed E-state index contributed by atoms with van der Waals surface area (Å²) in [4.78, 5) is 23.9. The molecule has 1 fully saturated rings. The van der Waals surface area contributed by atoms with Crippen LogP contribution in [0.15, 0.2) is 18.2 Å². The predicted octanol–water partition coefficient (Wildman–Crippen LogP) is 2.98. The molecule has 100 valence electrons. The number of hydrogen-bond acceptors (Lipinski definition) is 4. The van der Waals surface area contributed by atoms with Crippen LogP contribution in [0.25, 0.3) is 0 Å². The van der Waals surface area contributed by atoms with Gasteiger partial charge in [-0.15, -0.1) is 0 Å². The Morgan fingerprint density at radius 2 is 2.16 bits per heavy atom. The van der Waals surface area contributed by atoms with Gasteiger partial charge in [-0.25, -0.2) is 0 Å². The number of hydrogen-bond donors (Lipinski definition) is 1. The fraction of sp³-hybridized carbons (Fsp3) is 0.182. The van der Waals surface area contributed by atoms with Crippen molar-refractivity contribution in [2.24, 2.45) is 0 Å². The van der Waals surface area contributed by atoms with Crippen LogP contribution in [0, 0.1) is 0 Å². The first-order chi connectivity index (χ1) is 8.90. The number of amides is 1. The summed E-state index contributed by atoms with van der Waals surface area (Å²) in [7, 11) is 0. The zero-order chi connectivity index (χ0) is 14.2. The molecule has 1 N–H and O–H groups in total. The monoisotopic (exact) mass is 335 g/mol. The molecule has 0 aliphatic carbocycles. The quantitative estimate of drug-likeness (QED) is 0.860. The van der Waals surface area contributed by atoms with Gasteiger partial charge in [0.15, 0.2) is 0 Å². The number of aliphatic carboxylic acids is 1. The summed E-state index contributed by atoms with van der Waals surface area (Å²) in [6.45, 7) is -0.438. The van der Waals surface area contributed by atoms with E-state index in [1.54, 1.807) is 12.1 Å². The summed E-state index contributed by atoms with van der Waals surface area (Å²) in [5.74, 6) is -1.49. The van der Waals surface area contributed by atoms with Gasteiger partial charge in [0.25, 0.3) is 0 Å². The summed E-state index contributed by atoms with van der Waals surface area (Å²) in [6.07, 6.45) is 0. The Bertz CT molecular complexity index is 579. The molecular formula is C11H7Cl2NO3S2. The molecule has 0 spiro atoms. The molecule has 19 heavy (non-hydrogen) atoms. The number of benzene rings is 1. The van der Waals surface area contributed by atoms with Gasteiger partial charge >= 0.3 is 5.97 Å². The molecule has 1 aromatic carbocycles. The molecule has 0 radical (unpaired) electrons. The van der Waals surface area contributed by atoms with Crippen LogP contribution < -0.4 is 0 Å². The number of rotatable bonds is 3. The zero-order valence-electron chi connectivity index (χ0n) is 9.30. The van der Waals surface area contributed by atoms with Gasteiger partial charge < -0.3 is 5.11 Å². The minimum Gasteiger partial charge on any atom is -0.480 e. The van der Waals surface area contributed by atoms with Crippen molar-refractivity contribution >= 4 is 63.4 Å². The highest BCUT2D eigenvalue weighted by molar-refractivity contribution is 8.24. The minimum atomic E-state index is -1.11. The summed E-state index contributed by atoms with van der Waals surface area (Å²) in [6, 6.07) is 4.81. The first-order valence-corrected chi connectivity index (χ1v) is 7.13. The first-order valence-electron chi connectivity index (χ1n) is 5.09. The van der Waals surface area contributed by atoms with E-state index in [0.29, 0.717) is 15.6 Å². The van der Waals surface area contributed by atoms with Crippen molar-refractivity contribution in [3.8, 4) is 0 Å². The van der Waals surface area contributed by atoms with Crippen molar-refractivity contribution in [1.29, 1.82) is 0 Å². The predicted molar refractivity (Wildman–Crippen MR) is 78.7 cm³/mol. The number of thioether (sulfide) groups is 1. The number of carbonyl (C=O) groups excluding carboxylic acids is 1. The molecule has 0 saturated carbocycles. The van der Waals surface area contributed by atoms with Gasteiger partial charge in [0, 0.05) is 10.0 Å². The highest BCUT2D eigenvalue weighted by Crippen LogP contribution is 2.42. The number of nitrogens with zero attached hydrogens (tertiary/aromatic N) is 1. The topological polar surface area (TPSA) is 57.6 Å². The maximum Gasteiger partial charge on any atom is 0.323 e. The highest BCUT2D eigenvalue weighted by atomic mass is 35.5. The van der Waals surface area contributed by atoms with Crippen LogP contribution in [-0.2, 0) is 9.59 Å². The molecule has 0 bridgehead atoms. The standard InChI is InChI=1S/C11H7Cl2NO3S2/c12-5-1-2-6(7(13)3-5)9-10(17)14(4-8(15)16)11(18)19-9/h1-3,9H,4H2,(H,15,16). The van der Waals surface area contributed by atoms with Crippen LogP contribution >= 0.6 is 47.2 Å². The van der Waals surface area contributed by atoms with Gasteiger partial charge in [0.1, 0.15) is 16.1 Å². The average Bonchev–Trinajstić information content (AvgIpc) is 2.57. The van der Waals surface area contributed by atoms with Crippen LogP contribution in [0.5, 0.6) is 0 Å². The summed E-state index contributed by atoms with van der Waals surface area (Å²) < 4.78 is 0.239. The van der Waals surface area contributed by atoms with E-state index in [2.05, 4.69) is 0 Å². The lowest BCUT2D eigenvalue weighted by Gasteiger charge is -2.13. The lowest BCUT2D eigenvalue weighted by molar-refractivity contribution is -0.141. The van der Waals surface area contributed by atoms with Gasteiger partial charge in [-0.1, -0.05) is 53.2 Å². The van der Waals surface area contributed by atoms with Crippen LogP contribution in [0.3, 0.4) is 0 Å². The molecular weight excluding hydrogens is 329 g/mol. The maximum atomic E-state index is 12.2. The second-order valence-electron chi connectivity index (χ2n) is 3.75. The van der Waals surface area contributed by atoms with Crippen molar-refractivity contribution < 1.29 is 14.7 Å². The second-order valence-corrected chi connectivity index (χ2v) is 6.33. The molecule has 1 atom stereocenters. The van der Waals surface area contributed by atoms with Gasteiger partial charge in [-0.2, -0.15) is 0 Å². The lowest BCUT2D eigenvalue weighted by atomic mass is 10.1. The van der Waals surface area contributed by atoms with Crippen LogP contribution in [-0.4, -0.2) is 32.7 Å². The number of carboxylic acids is 1. The smallest absolute Gasteiger partial charge is 0.323 e. The number of carbonyl (C=O) groups is 2. The van der Waals surface area contributed by atoms with E-state index in [0.717, 1.165) is 16.7 Å². The Kier molecular flexibility index (Phi) is 4.35. The van der Waals surface area contributed by atoms with Gasteiger partial charge in [0.05, 0.1) is 0 Å². The van der Waals surface area contributed by atoms with E-state index in [9.17, 15) is 9.59 Å². The van der Waals surface area contributed by atoms with Crippen LogP contribution in [0.1, 0.15) is 10.8 Å². The zero-order valence-corrected chi connectivity index (χ0v) is 12.4. The van der Waals surface area contributed by atoms with Gasteiger partial charge in [0.2, 0.25) is 5.91 Å². The van der Waals surface area contributed by atoms with Crippen LogP contribution in [0.2, 0.25) is 10.0 Å². The molecule has 4 nitrogen and oxygen atoms in total. The van der Waals surface area contributed by atoms with E-state index in [-0.39, 0.29) is 10.2 Å². The van der Waals surface area contributed by atoms with Crippen molar-refractivity contribution in [3.63, 3.8) is 0 Å². The Morgan fingerprint density at radius 3 is 2.74 bits per heavy atom. The normalized spacial score (nSPS) is 19.1. The summed E-state index contributed by atoms with van der Waals surface area (Å²) in [5, 5.41) is 8.96. The average molecular weight is 336 g/mol. The van der Waals surface area contributed by atoms with E-state index in [4.69, 9.17) is 40.5 Å². The third kappa shape index (κ3) is 3.02. The van der Waals surface area contributed by atoms with E-state index < -0.39 is 17.8 Å². The maximum absolute atomic E-state index is 12.2. The third-order valence-electron chi connectivity index (χ3n) is 2.47. The fourth-order valence-corrected chi connectivity index (χ4v) is 3.70.